The van der Waals surface area contributed by atoms with Crippen LogP contribution in [0.15, 0.2) is 0 Å². The number of rotatable bonds is 2. The van der Waals surface area contributed by atoms with E-state index < -0.39 is 0 Å². The van der Waals surface area contributed by atoms with Crippen LogP contribution >= 0.6 is 0 Å². The normalized spacial score (nSPS) is 6.25. The third kappa shape index (κ3) is 10.3. The van der Waals surface area contributed by atoms with Gasteiger partial charge in [0.05, 0.1) is 0 Å². The standard InChI is InChI=1S/C6H10N.Rb/c1-3-4-5-6-7-2;/h5-6H2,1-2H3;/q-1;+1. The molecule has 0 saturated carbocycles. The SMILES string of the molecule is CC#CCC[N-]C.[Rb+]. The molecule has 2 heteroatoms. The van der Waals surface area contributed by atoms with E-state index in [1.54, 1.807) is 7.05 Å². The fraction of sp³-hybridized carbons (Fsp3) is 0.667. The van der Waals surface area contributed by atoms with Crippen LogP contribution < -0.4 is 58.2 Å². The topological polar surface area (TPSA) is 14.1 Å². The van der Waals surface area contributed by atoms with E-state index >= 15 is 0 Å². The molecule has 0 heterocycles. The van der Waals surface area contributed by atoms with E-state index in [4.69, 9.17) is 0 Å². The van der Waals surface area contributed by atoms with Crippen molar-refractivity contribution in [3.63, 3.8) is 0 Å². The van der Waals surface area contributed by atoms with E-state index in [-0.39, 0.29) is 58.2 Å². The van der Waals surface area contributed by atoms with Crippen molar-refractivity contribution in [3.8, 4) is 11.8 Å². The second kappa shape index (κ2) is 11.2. The third-order valence-corrected chi connectivity index (χ3v) is 0.637. The molecule has 0 aromatic carbocycles. The Bertz CT molecular complexity index is 80.3. The molecule has 0 rings (SSSR count). The summed E-state index contributed by atoms with van der Waals surface area (Å²) < 4.78 is 0. The van der Waals surface area contributed by atoms with Crippen LogP contribution in [0.2, 0.25) is 0 Å². The monoisotopic (exact) mass is 181 g/mol. The first kappa shape index (κ1) is 12.0. The molecule has 0 atom stereocenters. The molecule has 0 N–H and O–H groups in total. The predicted octanol–water partition coefficient (Wildman–Crippen LogP) is -1.59. The molecule has 0 aliphatic carbocycles. The fourth-order valence-corrected chi connectivity index (χ4v) is 0.293. The molecule has 0 saturated heterocycles. The van der Waals surface area contributed by atoms with Crippen molar-refractivity contribution in [3.05, 3.63) is 5.32 Å². The van der Waals surface area contributed by atoms with Gasteiger partial charge in [-0.1, -0.05) is 0 Å². The molecular formula is C6H10NRb. The summed E-state index contributed by atoms with van der Waals surface area (Å²) in [6.45, 7) is 2.72. The first-order chi connectivity index (χ1) is 3.41. The second-order valence-electron chi connectivity index (χ2n) is 1.22. The molecule has 0 spiro atoms. The Morgan fingerprint density at radius 1 is 1.50 bits per heavy atom. The fourth-order valence-electron chi connectivity index (χ4n) is 0.293. The van der Waals surface area contributed by atoms with Gasteiger partial charge in [0.2, 0.25) is 0 Å². The van der Waals surface area contributed by atoms with Crippen LogP contribution in [-0.2, 0) is 0 Å². The number of hydrogen-bond donors (Lipinski definition) is 0. The second-order valence-corrected chi connectivity index (χ2v) is 1.22. The maximum atomic E-state index is 3.87. The van der Waals surface area contributed by atoms with Gasteiger partial charge in [-0.2, -0.15) is 7.05 Å². The van der Waals surface area contributed by atoms with Crippen molar-refractivity contribution in [1.29, 1.82) is 0 Å². The molecule has 0 aromatic heterocycles. The Labute approximate surface area is 100 Å². The van der Waals surface area contributed by atoms with E-state index in [0.29, 0.717) is 0 Å². The largest absolute Gasteiger partial charge is 1.00 e. The first-order valence-corrected chi connectivity index (χ1v) is 2.37. The van der Waals surface area contributed by atoms with Crippen molar-refractivity contribution in [2.24, 2.45) is 0 Å². The quantitative estimate of drug-likeness (QED) is 0.360. The first-order valence-electron chi connectivity index (χ1n) is 2.37. The van der Waals surface area contributed by atoms with Crippen molar-refractivity contribution in [1.82, 2.24) is 0 Å². The van der Waals surface area contributed by atoms with Crippen LogP contribution in [0.5, 0.6) is 0 Å². The predicted molar refractivity (Wildman–Crippen MR) is 32.2 cm³/mol. The summed E-state index contributed by atoms with van der Waals surface area (Å²) in [5.41, 5.74) is 0. The van der Waals surface area contributed by atoms with Gasteiger partial charge < -0.3 is 5.32 Å². The Hall–Kier alpha value is 1.33. The van der Waals surface area contributed by atoms with E-state index in [1.807, 2.05) is 6.92 Å². The van der Waals surface area contributed by atoms with E-state index in [2.05, 4.69) is 17.2 Å². The summed E-state index contributed by atoms with van der Waals surface area (Å²) >= 11 is 0. The van der Waals surface area contributed by atoms with Crippen molar-refractivity contribution in [2.45, 2.75) is 13.3 Å². The van der Waals surface area contributed by atoms with Crippen molar-refractivity contribution in [2.75, 3.05) is 13.6 Å². The molecule has 0 amide bonds. The minimum Gasteiger partial charge on any atom is -0.664 e. The van der Waals surface area contributed by atoms with Crippen LogP contribution in [0.1, 0.15) is 13.3 Å². The van der Waals surface area contributed by atoms with Crippen LogP contribution in [-0.4, -0.2) is 13.6 Å². The third-order valence-electron chi connectivity index (χ3n) is 0.637. The van der Waals surface area contributed by atoms with Gasteiger partial charge in [0.25, 0.3) is 0 Å². The summed E-state index contributed by atoms with van der Waals surface area (Å²) in [5, 5.41) is 3.87. The van der Waals surface area contributed by atoms with E-state index in [0.717, 1.165) is 13.0 Å². The number of hydrogen-bond acceptors (Lipinski definition) is 0. The minimum atomic E-state index is 0. The Morgan fingerprint density at radius 2 is 2.12 bits per heavy atom. The van der Waals surface area contributed by atoms with Crippen LogP contribution in [0.3, 0.4) is 0 Å². The summed E-state index contributed by atoms with van der Waals surface area (Å²) in [6, 6.07) is 0. The van der Waals surface area contributed by atoms with Gasteiger partial charge in [-0.3, -0.25) is 0 Å². The molecule has 8 heavy (non-hydrogen) atoms. The van der Waals surface area contributed by atoms with Gasteiger partial charge in [0.15, 0.2) is 0 Å². The van der Waals surface area contributed by atoms with Gasteiger partial charge in [0.1, 0.15) is 0 Å². The minimum absolute atomic E-state index is 0. The molecule has 0 unspecified atom stereocenters. The average molecular weight is 182 g/mol. The zero-order valence-electron chi connectivity index (χ0n) is 5.86. The van der Waals surface area contributed by atoms with E-state index in [1.165, 1.54) is 0 Å². The Morgan fingerprint density at radius 3 is 2.50 bits per heavy atom. The van der Waals surface area contributed by atoms with Gasteiger partial charge in [0, 0.05) is 0 Å². The van der Waals surface area contributed by atoms with Gasteiger partial charge in [-0.25, -0.2) is 0 Å². The average Bonchev–Trinajstić information content (AvgIpc) is 1.69. The molecule has 0 bridgehead atoms. The molecule has 0 aliphatic heterocycles. The molecule has 0 aliphatic rings. The summed E-state index contributed by atoms with van der Waals surface area (Å²) in [4.78, 5) is 0. The maximum Gasteiger partial charge on any atom is 1.00 e. The Balaban J connectivity index is 0. The molecule has 0 radical (unpaired) electrons. The Kier molecular flexibility index (Phi) is 16.8. The van der Waals surface area contributed by atoms with E-state index in [9.17, 15) is 0 Å². The molecule has 40 valence electrons. The van der Waals surface area contributed by atoms with Gasteiger partial charge >= 0.3 is 58.2 Å². The van der Waals surface area contributed by atoms with Crippen LogP contribution in [0.4, 0.5) is 0 Å². The molecule has 0 fully saturated rings. The van der Waals surface area contributed by atoms with Crippen molar-refractivity contribution >= 4 is 0 Å². The molecule has 0 aromatic rings. The maximum absolute atomic E-state index is 3.87. The zero-order valence-corrected chi connectivity index (χ0v) is 10.8. The summed E-state index contributed by atoms with van der Waals surface area (Å²) in [6.07, 6.45) is 0.910. The summed E-state index contributed by atoms with van der Waals surface area (Å²) in [5.74, 6) is 5.70. The smallest absolute Gasteiger partial charge is 0.664 e. The van der Waals surface area contributed by atoms with Gasteiger partial charge in [-0.05, 0) is 13.3 Å². The molecule has 1 nitrogen and oxygen atoms in total. The zero-order chi connectivity index (χ0) is 5.54. The van der Waals surface area contributed by atoms with Crippen molar-refractivity contribution < 1.29 is 58.2 Å². The van der Waals surface area contributed by atoms with Gasteiger partial charge in [-0.15, -0.1) is 18.4 Å². The molecular weight excluding hydrogens is 172 g/mol. The van der Waals surface area contributed by atoms with Crippen LogP contribution in [0.25, 0.3) is 5.32 Å². The number of nitrogens with zero attached hydrogens (tertiary/aromatic N) is 1. The van der Waals surface area contributed by atoms with Crippen LogP contribution in [0, 0.1) is 11.8 Å². The summed E-state index contributed by atoms with van der Waals surface area (Å²) in [7, 11) is 1.80.